The standard InChI is InChI=1S/C12H13IN2O/c1-10-7-15(14-12(10)13)9-16-8-11-5-3-2-4-6-11/h2-7H,8-9H2,1H3. The van der Waals surface area contributed by atoms with Gasteiger partial charge in [-0.25, -0.2) is 4.68 Å². The zero-order valence-corrected chi connectivity index (χ0v) is 11.2. The van der Waals surface area contributed by atoms with Gasteiger partial charge in [0.1, 0.15) is 10.4 Å². The van der Waals surface area contributed by atoms with Crippen LogP contribution >= 0.6 is 22.6 Å². The van der Waals surface area contributed by atoms with Crippen LogP contribution in [-0.2, 0) is 18.1 Å². The minimum Gasteiger partial charge on any atom is -0.355 e. The van der Waals surface area contributed by atoms with Gasteiger partial charge >= 0.3 is 0 Å². The van der Waals surface area contributed by atoms with Crippen molar-refractivity contribution in [3.63, 3.8) is 0 Å². The number of benzene rings is 1. The molecule has 0 radical (unpaired) electrons. The second-order valence-corrected chi connectivity index (χ2v) is 4.63. The number of nitrogens with zero attached hydrogens (tertiary/aromatic N) is 2. The van der Waals surface area contributed by atoms with Crippen LogP contribution in [0.1, 0.15) is 11.1 Å². The predicted molar refractivity (Wildman–Crippen MR) is 70.9 cm³/mol. The lowest BCUT2D eigenvalue weighted by Crippen LogP contribution is -2.03. The zero-order chi connectivity index (χ0) is 11.4. The molecule has 3 nitrogen and oxygen atoms in total. The number of halogens is 1. The third-order valence-electron chi connectivity index (χ3n) is 2.22. The average Bonchev–Trinajstić information content (AvgIpc) is 2.60. The van der Waals surface area contributed by atoms with Gasteiger partial charge in [0, 0.05) is 11.8 Å². The second kappa shape index (κ2) is 5.45. The first kappa shape index (κ1) is 11.6. The molecule has 0 amide bonds. The molecule has 0 atom stereocenters. The van der Waals surface area contributed by atoms with Gasteiger partial charge in [0.15, 0.2) is 0 Å². The number of rotatable bonds is 4. The molecule has 0 aliphatic carbocycles. The average molecular weight is 328 g/mol. The molecule has 0 bridgehead atoms. The van der Waals surface area contributed by atoms with E-state index in [1.54, 1.807) is 0 Å². The molecule has 0 saturated heterocycles. The molecular weight excluding hydrogens is 315 g/mol. The molecule has 84 valence electrons. The number of aromatic nitrogens is 2. The second-order valence-electron chi connectivity index (χ2n) is 3.61. The van der Waals surface area contributed by atoms with Crippen LogP contribution in [0.15, 0.2) is 36.5 Å². The van der Waals surface area contributed by atoms with E-state index in [4.69, 9.17) is 4.74 Å². The first-order chi connectivity index (χ1) is 7.75. The third kappa shape index (κ3) is 3.05. The summed E-state index contributed by atoms with van der Waals surface area (Å²) in [5.41, 5.74) is 2.37. The van der Waals surface area contributed by atoms with Gasteiger partial charge in [-0.3, -0.25) is 0 Å². The van der Waals surface area contributed by atoms with Crippen molar-refractivity contribution in [2.24, 2.45) is 0 Å². The molecule has 2 aromatic rings. The van der Waals surface area contributed by atoms with Crippen molar-refractivity contribution in [3.05, 3.63) is 51.4 Å². The van der Waals surface area contributed by atoms with E-state index in [-0.39, 0.29) is 0 Å². The van der Waals surface area contributed by atoms with Crippen molar-refractivity contribution in [1.82, 2.24) is 9.78 Å². The van der Waals surface area contributed by atoms with Crippen LogP contribution < -0.4 is 0 Å². The van der Waals surface area contributed by atoms with E-state index in [1.165, 1.54) is 11.1 Å². The number of aryl methyl sites for hydroxylation is 1. The summed E-state index contributed by atoms with van der Waals surface area (Å²) in [5.74, 6) is 0. The van der Waals surface area contributed by atoms with E-state index < -0.39 is 0 Å². The summed E-state index contributed by atoms with van der Waals surface area (Å²) in [7, 11) is 0. The fraction of sp³-hybridized carbons (Fsp3) is 0.250. The lowest BCUT2D eigenvalue weighted by Gasteiger charge is -2.03. The molecule has 1 heterocycles. The first-order valence-corrected chi connectivity index (χ1v) is 6.15. The fourth-order valence-electron chi connectivity index (χ4n) is 1.39. The molecule has 0 spiro atoms. The Hall–Kier alpha value is -0.880. The highest BCUT2D eigenvalue weighted by molar-refractivity contribution is 14.1. The molecular formula is C12H13IN2O. The van der Waals surface area contributed by atoms with Gasteiger partial charge in [-0.2, -0.15) is 5.10 Å². The maximum absolute atomic E-state index is 5.57. The Morgan fingerprint density at radius 3 is 2.69 bits per heavy atom. The predicted octanol–water partition coefficient (Wildman–Crippen LogP) is 2.97. The van der Waals surface area contributed by atoms with Crippen LogP contribution in [0.5, 0.6) is 0 Å². The van der Waals surface area contributed by atoms with Crippen molar-refractivity contribution in [3.8, 4) is 0 Å². The highest BCUT2D eigenvalue weighted by Crippen LogP contribution is 2.08. The third-order valence-corrected chi connectivity index (χ3v) is 3.29. The summed E-state index contributed by atoms with van der Waals surface area (Å²) in [6.45, 7) is 3.16. The monoisotopic (exact) mass is 328 g/mol. The minimum absolute atomic E-state index is 0.499. The Bertz CT molecular complexity index is 434. The van der Waals surface area contributed by atoms with Gasteiger partial charge in [0.25, 0.3) is 0 Å². The SMILES string of the molecule is Cc1cn(COCc2ccccc2)nc1I. The van der Waals surface area contributed by atoms with Crippen molar-refractivity contribution >= 4 is 22.6 Å². The maximum Gasteiger partial charge on any atom is 0.139 e. The largest absolute Gasteiger partial charge is 0.355 e. The number of ether oxygens (including phenoxy) is 1. The van der Waals surface area contributed by atoms with Gasteiger partial charge in [-0.1, -0.05) is 30.3 Å². The Morgan fingerprint density at radius 1 is 1.31 bits per heavy atom. The maximum atomic E-state index is 5.57. The van der Waals surface area contributed by atoms with Crippen LogP contribution in [0.25, 0.3) is 0 Å². The van der Waals surface area contributed by atoms with Crippen LogP contribution in [0.4, 0.5) is 0 Å². The molecule has 0 aliphatic rings. The summed E-state index contributed by atoms with van der Waals surface area (Å²) < 4.78 is 8.42. The highest BCUT2D eigenvalue weighted by atomic mass is 127. The Kier molecular flexibility index (Phi) is 3.95. The van der Waals surface area contributed by atoms with E-state index in [2.05, 4.69) is 39.8 Å². The summed E-state index contributed by atoms with van der Waals surface area (Å²) in [4.78, 5) is 0. The van der Waals surface area contributed by atoms with Crippen molar-refractivity contribution < 1.29 is 4.74 Å². The summed E-state index contributed by atoms with van der Waals surface area (Å²) in [5, 5.41) is 4.32. The van der Waals surface area contributed by atoms with Gasteiger partial charge < -0.3 is 4.74 Å². The molecule has 4 heteroatoms. The zero-order valence-electron chi connectivity index (χ0n) is 9.06. The molecule has 0 fully saturated rings. The quantitative estimate of drug-likeness (QED) is 0.807. The van der Waals surface area contributed by atoms with E-state index in [0.29, 0.717) is 13.3 Å². The van der Waals surface area contributed by atoms with Crippen LogP contribution in [0, 0.1) is 10.6 Å². The van der Waals surface area contributed by atoms with Gasteiger partial charge in [-0.05, 0) is 35.1 Å². The minimum atomic E-state index is 0.499. The highest BCUT2D eigenvalue weighted by Gasteiger charge is 2.00. The molecule has 1 aromatic heterocycles. The Balaban J connectivity index is 1.84. The van der Waals surface area contributed by atoms with Crippen molar-refractivity contribution in [1.29, 1.82) is 0 Å². The summed E-state index contributed by atoms with van der Waals surface area (Å²) >= 11 is 2.22. The topological polar surface area (TPSA) is 27.1 Å². The van der Waals surface area contributed by atoms with Crippen molar-refractivity contribution in [2.45, 2.75) is 20.3 Å². The first-order valence-electron chi connectivity index (χ1n) is 5.07. The van der Waals surface area contributed by atoms with Gasteiger partial charge in [0.05, 0.1) is 6.61 Å². The Labute approximate surface area is 109 Å². The summed E-state index contributed by atoms with van der Waals surface area (Å²) in [6.07, 6.45) is 1.99. The van der Waals surface area contributed by atoms with Gasteiger partial charge in [0.2, 0.25) is 0 Å². The lowest BCUT2D eigenvalue weighted by atomic mass is 10.2. The van der Waals surface area contributed by atoms with E-state index in [1.807, 2.05) is 36.0 Å². The molecule has 0 N–H and O–H groups in total. The normalized spacial score (nSPS) is 10.6. The molecule has 0 saturated carbocycles. The van der Waals surface area contributed by atoms with Crippen LogP contribution in [0.2, 0.25) is 0 Å². The fourth-order valence-corrected chi connectivity index (χ4v) is 1.81. The van der Waals surface area contributed by atoms with Gasteiger partial charge in [-0.15, -0.1) is 0 Å². The number of hydrogen-bond donors (Lipinski definition) is 0. The van der Waals surface area contributed by atoms with Crippen LogP contribution in [-0.4, -0.2) is 9.78 Å². The molecule has 2 rings (SSSR count). The smallest absolute Gasteiger partial charge is 0.139 e. The molecule has 0 aliphatic heterocycles. The summed E-state index contributed by atoms with van der Waals surface area (Å²) in [6, 6.07) is 10.1. The van der Waals surface area contributed by atoms with E-state index >= 15 is 0 Å². The number of hydrogen-bond acceptors (Lipinski definition) is 2. The Morgan fingerprint density at radius 2 is 2.06 bits per heavy atom. The van der Waals surface area contributed by atoms with Crippen molar-refractivity contribution in [2.75, 3.05) is 0 Å². The van der Waals surface area contributed by atoms with Crippen LogP contribution in [0.3, 0.4) is 0 Å². The lowest BCUT2D eigenvalue weighted by molar-refractivity contribution is 0.0559. The molecule has 1 aromatic carbocycles. The molecule has 0 unspecified atom stereocenters. The van der Waals surface area contributed by atoms with E-state index in [9.17, 15) is 0 Å². The molecule has 16 heavy (non-hydrogen) atoms. The van der Waals surface area contributed by atoms with E-state index in [0.717, 1.165) is 3.70 Å².